The van der Waals surface area contributed by atoms with Crippen LogP contribution in [0.1, 0.15) is 33.5 Å². The first-order chi connectivity index (χ1) is 13.6. The van der Waals surface area contributed by atoms with Gasteiger partial charge in [0.05, 0.1) is 5.56 Å². The van der Waals surface area contributed by atoms with E-state index in [0.29, 0.717) is 12.0 Å². The number of halogens is 1. The van der Waals surface area contributed by atoms with Crippen LogP contribution in [0.2, 0.25) is 0 Å². The summed E-state index contributed by atoms with van der Waals surface area (Å²) in [6, 6.07) is 25.4. The number of aryl methyl sites for hydroxylation is 2. The van der Waals surface area contributed by atoms with Crippen molar-refractivity contribution in [3.05, 3.63) is 112 Å². The van der Waals surface area contributed by atoms with Crippen molar-refractivity contribution in [2.24, 2.45) is 0 Å². The van der Waals surface area contributed by atoms with Gasteiger partial charge in [-0.15, -0.1) is 0 Å². The Kier molecular flexibility index (Phi) is 7.21. The summed E-state index contributed by atoms with van der Waals surface area (Å²) in [7, 11) is 0. The summed E-state index contributed by atoms with van der Waals surface area (Å²) in [6.07, 6.45) is 5.20. The van der Waals surface area contributed by atoms with Gasteiger partial charge in [0.2, 0.25) is 0 Å². The first kappa shape index (κ1) is 20.1. The molecule has 0 saturated carbocycles. The molecule has 0 aliphatic carbocycles. The zero-order chi connectivity index (χ0) is 19.8. The molecule has 3 rings (SSSR count). The first-order valence-corrected chi connectivity index (χ1v) is 10.2. The van der Waals surface area contributed by atoms with E-state index in [1.54, 1.807) is 12.1 Å². The van der Waals surface area contributed by atoms with E-state index >= 15 is 0 Å². The maximum absolute atomic E-state index is 12.5. The highest BCUT2D eigenvalue weighted by atomic mass is 79.9. The molecule has 2 nitrogen and oxygen atoms in total. The minimum absolute atomic E-state index is 0.299. The Labute approximate surface area is 175 Å². The molecule has 0 bridgehead atoms. The lowest BCUT2D eigenvalue weighted by Gasteiger charge is -2.16. The van der Waals surface area contributed by atoms with Crippen molar-refractivity contribution < 1.29 is 9.53 Å². The van der Waals surface area contributed by atoms with Gasteiger partial charge >= 0.3 is 5.97 Å². The van der Waals surface area contributed by atoms with E-state index in [-0.39, 0.29) is 12.1 Å². The van der Waals surface area contributed by atoms with E-state index in [2.05, 4.69) is 41.1 Å². The van der Waals surface area contributed by atoms with E-state index in [0.717, 1.165) is 16.5 Å². The number of benzene rings is 3. The Balaban J connectivity index is 1.74. The number of esters is 1. The SMILES string of the molecule is Cc1cccc(CC[C@H](/C=C/c2ccccc2)OC(=O)c2ccccc2)c1Br. The molecule has 142 valence electrons. The van der Waals surface area contributed by atoms with Gasteiger partial charge < -0.3 is 4.74 Å². The van der Waals surface area contributed by atoms with Crippen LogP contribution < -0.4 is 0 Å². The van der Waals surface area contributed by atoms with E-state index < -0.39 is 0 Å². The van der Waals surface area contributed by atoms with Gasteiger partial charge in [-0.05, 0) is 54.7 Å². The van der Waals surface area contributed by atoms with Crippen molar-refractivity contribution in [2.45, 2.75) is 25.9 Å². The summed E-state index contributed by atoms with van der Waals surface area (Å²) in [6.45, 7) is 2.08. The van der Waals surface area contributed by atoms with Crippen LogP contribution in [0.25, 0.3) is 6.08 Å². The van der Waals surface area contributed by atoms with Crippen LogP contribution in [0.15, 0.2) is 89.4 Å². The van der Waals surface area contributed by atoms with E-state index in [4.69, 9.17) is 4.74 Å². The topological polar surface area (TPSA) is 26.3 Å². The third-order valence-corrected chi connectivity index (χ3v) is 5.68. The number of rotatable bonds is 7. The average molecular weight is 435 g/mol. The minimum atomic E-state index is -0.305. The maximum atomic E-state index is 12.5. The highest BCUT2D eigenvalue weighted by molar-refractivity contribution is 9.10. The molecule has 0 aliphatic heterocycles. The second kappa shape index (κ2) is 10.0. The molecule has 0 fully saturated rings. The normalized spacial score (nSPS) is 12.1. The lowest BCUT2D eigenvalue weighted by atomic mass is 10.0. The third kappa shape index (κ3) is 5.67. The summed E-state index contributed by atoms with van der Waals surface area (Å²) >= 11 is 3.67. The van der Waals surface area contributed by atoms with Crippen LogP contribution in [0, 0.1) is 6.92 Å². The molecule has 28 heavy (non-hydrogen) atoms. The smallest absolute Gasteiger partial charge is 0.338 e. The largest absolute Gasteiger partial charge is 0.455 e. The van der Waals surface area contributed by atoms with Crippen LogP contribution in [-0.4, -0.2) is 12.1 Å². The van der Waals surface area contributed by atoms with Gasteiger partial charge in [0.25, 0.3) is 0 Å². The number of carbonyl (C=O) groups excluding carboxylic acids is 1. The van der Waals surface area contributed by atoms with Gasteiger partial charge in [-0.25, -0.2) is 4.79 Å². The molecule has 0 amide bonds. The van der Waals surface area contributed by atoms with Crippen LogP contribution in [0.3, 0.4) is 0 Å². The highest BCUT2D eigenvalue weighted by Crippen LogP contribution is 2.23. The fourth-order valence-electron chi connectivity index (χ4n) is 2.96. The first-order valence-electron chi connectivity index (χ1n) is 9.37. The predicted octanol–water partition coefficient (Wildman–Crippen LogP) is 6.63. The molecule has 0 heterocycles. The Morgan fingerprint density at radius 1 is 0.964 bits per heavy atom. The molecule has 3 heteroatoms. The van der Waals surface area contributed by atoms with E-state index in [9.17, 15) is 4.79 Å². The summed E-state index contributed by atoms with van der Waals surface area (Å²) in [4.78, 5) is 12.5. The van der Waals surface area contributed by atoms with Gasteiger partial charge in [0, 0.05) is 4.47 Å². The van der Waals surface area contributed by atoms with Gasteiger partial charge in [-0.3, -0.25) is 0 Å². The molecule has 1 atom stereocenters. The number of hydrogen-bond acceptors (Lipinski definition) is 2. The van der Waals surface area contributed by atoms with Crippen LogP contribution >= 0.6 is 15.9 Å². The lowest BCUT2D eigenvalue weighted by molar-refractivity contribution is 0.0382. The lowest BCUT2D eigenvalue weighted by Crippen LogP contribution is -2.17. The Hall–Kier alpha value is -2.65. The molecule has 3 aromatic rings. The van der Waals surface area contributed by atoms with Gasteiger partial charge in [-0.1, -0.05) is 88.7 Å². The molecular formula is C25H23BrO2. The quantitative estimate of drug-likeness (QED) is 0.390. The summed E-state index contributed by atoms with van der Waals surface area (Å²) in [5, 5.41) is 0. The van der Waals surface area contributed by atoms with Crippen molar-refractivity contribution in [3.63, 3.8) is 0 Å². The number of ether oxygens (including phenoxy) is 1. The van der Waals surface area contributed by atoms with Crippen LogP contribution in [0.4, 0.5) is 0 Å². The van der Waals surface area contributed by atoms with Gasteiger partial charge in [-0.2, -0.15) is 0 Å². The summed E-state index contributed by atoms with van der Waals surface area (Å²) in [5.74, 6) is -0.299. The third-order valence-electron chi connectivity index (χ3n) is 4.54. The van der Waals surface area contributed by atoms with Crippen LogP contribution in [0.5, 0.6) is 0 Å². The highest BCUT2D eigenvalue weighted by Gasteiger charge is 2.14. The van der Waals surface area contributed by atoms with Crippen molar-refractivity contribution in [1.82, 2.24) is 0 Å². The molecule has 0 aromatic heterocycles. The Bertz CT molecular complexity index is 933. The summed E-state index contributed by atoms with van der Waals surface area (Å²) < 4.78 is 6.93. The molecule has 3 aromatic carbocycles. The van der Waals surface area contributed by atoms with Crippen molar-refractivity contribution in [2.75, 3.05) is 0 Å². The predicted molar refractivity (Wildman–Crippen MR) is 118 cm³/mol. The van der Waals surface area contributed by atoms with Gasteiger partial charge in [0.1, 0.15) is 6.10 Å². The molecule has 0 saturated heterocycles. The molecule has 0 N–H and O–H groups in total. The number of carbonyl (C=O) groups is 1. The molecule has 0 spiro atoms. The Morgan fingerprint density at radius 3 is 2.36 bits per heavy atom. The Morgan fingerprint density at radius 2 is 1.64 bits per heavy atom. The fraction of sp³-hybridized carbons (Fsp3) is 0.160. The average Bonchev–Trinajstić information content (AvgIpc) is 2.74. The number of hydrogen-bond donors (Lipinski definition) is 0. The van der Waals surface area contributed by atoms with E-state index in [1.165, 1.54) is 11.1 Å². The van der Waals surface area contributed by atoms with Crippen molar-refractivity contribution in [1.29, 1.82) is 0 Å². The monoisotopic (exact) mass is 434 g/mol. The van der Waals surface area contributed by atoms with Crippen molar-refractivity contribution in [3.8, 4) is 0 Å². The zero-order valence-electron chi connectivity index (χ0n) is 15.8. The second-order valence-corrected chi connectivity index (χ2v) is 7.46. The zero-order valence-corrected chi connectivity index (χ0v) is 17.4. The fourth-order valence-corrected chi connectivity index (χ4v) is 3.42. The molecule has 0 aliphatic rings. The van der Waals surface area contributed by atoms with Gasteiger partial charge in [0.15, 0.2) is 0 Å². The second-order valence-electron chi connectivity index (χ2n) is 6.67. The van der Waals surface area contributed by atoms with Crippen molar-refractivity contribution >= 4 is 28.0 Å². The van der Waals surface area contributed by atoms with E-state index in [1.807, 2.05) is 60.7 Å². The van der Waals surface area contributed by atoms with Crippen LogP contribution in [-0.2, 0) is 11.2 Å². The molecular weight excluding hydrogens is 412 g/mol. The molecule has 0 radical (unpaired) electrons. The summed E-state index contributed by atoms with van der Waals surface area (Å²) in [5.41, 5.74) is 4.07. The molecule has 0 unspecified atom stereocenters. The standard InChI is InChI=1S/C25H23BrO2/c1-19-9-8-14-21(24(19)26)16-18-23(17-15-20-10-4-2-5-11-20)28-25(27)22-12-6-3-7-13-22/h2-15,17,23H,16,18H2,1H3/b17-15+/t23-/m0/s1. The maximum Gasteiger partial charge on any atom is 0.338 e. The minimum Gasteiger partial charge on any atom is -0.455 e.